The van der Waals surface area contributed by atoms with Crippen molar-refractivity contribution in [2.75, 3.05) is 40.0 Å². The predicted molar refractivity (Wildman–Crippen MR) is 70.8 cm³/mol. The Bertz CT molecular complexity index is 275. The molecule has 1 spiro atoms. The summed E-state index contributed by atoms with van der Waals surface area (Å²) in [5, 5.41) is 3.71. The smallest absolute Gasteiger partial charge is 0.0951 e. The molecule has 3 rings (SSSR count). The molecule has 2 saturated heterocycles. The molecule has 3 fully saturated rings. The van der Waals surface area contributed by atoms with Crippen LogP contribution in [0.1, 0.15) is 32.1 Å². The molecule has 1 N–H and O–H groups in total. The Labute approximate surface area is 110 Å². The van der Waals surface area contributed by atoms with E-state index in [-0.39, 0.29) is 5.60 Å². The van der Waals surface area contributed by atoms with Gasteiger partial charge in [0.25, 0.3) is 0 Å². The Balaban J connectivity index is 1.39. The van der Waals surface area contributed by atoms with Crippen LogP contribution in [0.25, 0.3) is 0 Å². The van der Waals surface area contributed by atoms with E-state index in [1.165, 1.54) is 19.4 Å². The van der Waals surface area contributed by atoms with Gasteiger partial charge in [-0.25, -0.2) is 0 Å². The number of likely N-dealkylation sites (N-methyl/N-ethyl adjacent to an activating group) is 1. The maximum atomic E-state index is 5.96. The molecular formula is C14H26N2O2. The average molecular weight is 254 g/mol. The minimum Gasteiger partial charge on any atom is -0.378 e. The third kappa shape index (κ3) is 3.05. The third-order valence-electron chi connectivity index (χ3n) is 4.63. The molecule has 4 heteroatoms. The van der Waals surface area contributed by atoms with Gasteiger partial charge in [0.2, 0.25) is 0 Å². The summed E-state index contributed by atoms with van der Waals surface area (Å²) >= 11 is 0. The zero-order valence-electron chi connectivity index (χ0n) is 11.5. The summed E-state index contributed by atoms with van der Waals surface area (Å²) in [6.45, 7) is 4.84. The van der Waals surface area contributed by atoms with E-state index in [0.29, 0.717) is 6.04 Å². The highest BCUT2D eigenvalue weighted by Gasteiger charge is 2.40. The van der Waals surface area contributed by atoms with Crippen LogP contribution in [0.3, 0.4) is 0 Å². The maximum absolute atomic E-state index is 5.96. The summed E-state index contributed by atoms with van der Waals surface area (Å²) in [5.74, 6) is 0. The molecule has 104 valence electrons. The first kappa shape index (κ1) is 12.9. The second kappa shape index (κ2) is 5.45. The number of nitrogens with zero attached hydrogens (tertiary/aromatic N) is 1. The molecule has 0 amide bonds. The molecule has 0 aromatic rings. The molecule has 0 aromatic carbocycles. The minimum atomic E-state index is 0.0400. The first-order valence-electron chi connectivity index (χ1n) is 7.43. The monoisotopic (exact) mass is 254 g/mol. The first-order chi connectivity index (χ1) is 8.77. The Hall–Kier alpha value is -0.160. The Morgan fingerprint density at radius 3 is 2.89 bits per heavy atom. The Morgan fingerprint density at radius 1 is 1.28 bits per heavy atom. The van der Waals surface area contributed by atoms with Crippen molar-refractivity contribution in [3.05, 3.63) is 0 Å². The van der Waals surface area contributed by atoms with Crippen LogP contribution in [0.2, 0.25) is 0 Å². The van der Waals surface area contributed by atoms with E-state index in [9.17, 15) is 0 Å². The number of nitrogens with one attached hydrogen (secondary N) is 1. The maximum Gasteiger partial charge on any atom is 0.0951 e. The van der Waals surface area contributed by atoms with Gasteiger partial charge in [-0.05, 0) is 32.7 Å². The molecule has 18 heavy (non-hydrogen) atoms. The van der Waals surface area contributed by atoms with Crippen LogP contribution in [0.15, 0.2) is 0 Å². The normalized spacial score (nSPS) is 36.7. The quantitative estimate of drug-likeness (QED) is 0.794. The molecule has 2 atom stereocenters. The SMILES string of the molecule is CN(CCNC1CCOC2(CCOC2)C1)C1CC1. The summed E-state index contributed by atoms with van der Waals surface area (Å²) in [4.78, 5) is 2.49. The molecule has 1 saturated carbocycles. The van der Waals surface area contributed by atoms with Crippen LogP contribution in [-0.4, -0.2) is 62.5 Å². The van der Waals surface area contributed by atoms with Gasteiger partial charge in [0, 0.05) is 44.8 Å². The van der Waals surface area contributed by atoms with Crippen LogP contribution < -0.4 is 5.32 Å². The molecule has 0 radical (unpaired) electrons. The topological polar surface area (TPSA) is 33.7 Å². The molecule has 1 aliphatic carbocycles. The van der Waals surface area contributed by atoms with Gasteiger partial charge in [0.1, 0.15) is 0 Å². The predicted octanol–water partition coefficient (Wildman–Crippen LogP) is 1.01. The molecule has 0 aromatic heterocycles. The van der Waals surface area contributed by atoms with E-state index in [1.807, 2.05) is 0 Å². The summed E-state index contributed by atoms with van der Waals surface area (Å²) < 4.78 is 11.5. The molecule has 0 bridgehead atoms. The minimum absolute atomic E-state index is 0.0400. The van der Waals surface area contributed by atoms with E-state index >= 15 is 0 Å². The average Bonchev–Trinajstić information content (AvgIpc) is 3.13. The highest BCUT2D eigenvalue weighted by Crippen LogP contribution is 2.32. The second-order valence-electron chi connectivity index (χ2n) is 6.19. The van der Waals surface area contributed by atoms with E-state index in [4.69, 9.17) is 9.47 Å². The van der Waals surface area contributed by atoms with Gasteiger partial charge >= 0.3 is 0 Å². The number of hydrogen-bond acceptors (Lipinski definition) is 4. The van der Waals surface area contributed by atoms with Crippen LogP contribution >= 0.6 is 0 Å². The standard InChI is InChI=1S/C14H26N2O2/c1-16(13-2-3-13)7-6-15-12-4-8-18-14(10-12)5-9-17-11-14/h12-13,15H,2-11H2,1H3. The third-order valence-corrected chi connectivity index (χ3v) is 4.63. The van der Waals surface area contributed by atoms with Crippen molar-refractivity contribution in [2.45, 2.75) is 49.8 Å². The molecular weight excluding hydrogens is 228 g/mol. The van der Waals surface area contributed by atoms with Crippen molar-refractivity contribution >= 4 is 0 Å². The van der Waals surface area contributed by atoms with Crippen molar-refractivity contribution < 1.29 is 9.47 Å². The van der Waals surface area contributed by atoms with E-state index in [0.717, 1.165) is 51.7 Å². The van der Waals surface area contributed by atoms with Gasteiger partial charge in [-0.15, -0.1) is 0 Å². The van der Waals surface area contributed by atoms with E-state index in [2.05, 4.69) is 17.3 Å². The lowest BCUT2D eigenvalue weighted by Gasteiger charge is -2.37. The fraction of sp³-hybridized carbons (Fsp3) is 1.00. The van der Waals surface area contributed by atoms with Gasteiger partial charge in [0.05, 0.1) is 12.2 Å². The van der Waals surface area contributed by atoms with Crippen LogP contribution in [0.4, 0.5) is 0 Å². The zero-order valence-corrected chi connectivity index (χ0v) is 11.5. The summed E-state index contributed by atoms with van der Waals surface area (Å²) in [5.41, 5.74) is 0.0400. The molecule has 3 aliphatic rings. The van der Waals surface area contributed by atoms with Crippen molar-refractivity contribution in [3.63, 3.8) is 0 Å². The van der Waals surface area contributed by atoms with E-state index in [1.54, 1.807) is 0 Å². The van der Waals surface area contributed by atoms with Crippen molar-refractivity contribution in [1.82, 2.24) is 10.2 Å². The Kier molecular flexibility index (Phi) is 3.89. The van der Waals surface area contributed by atoms with Crippen LogP contribution in [0, 0.1) is 0 Å². The highest BCUT2D eigenvalue weighted by atomic mass is 16.6. The number of hydrogen-bond donors (Lipinski definition) is 1. The van der Waals surface area contributed by atoms with Gasteiger partial charge in [-0.2, -0.15) is 0 Å². The molecule has 2 unspecified atom stereocenters. The first-order valence-corrected chi connectivity index (χ1v) is 7.43. The summed E-state index contributed by atoms with van der Waals surface area (Å²) in [6.07, 6.45) is 6.14. The van der Waals surface area contributed by atoms with Crippen LogP contribution in [0.5, 0.6) is 0 Å². The van der Waals surface area contributed by atoms with Crippen molar-refractivity contribution in [2.24, 2.45) is 0 Å². The largest absolute Gasteiger partial charge is 0.378 e. The van der Waals surface area contributed by atoms with Crippen molar-refractivity contribution in [3.8, 4) is 0 Å². The fourth-order valence-electron chi connectivity index (χ4n) is 3.21. The lowest BCUT2D eigenvalue weighted by molar-refractivity contribution is -0.0893. The fourth-order valence-corrected chi connectivity index (χ4v) is 3.21. The number of ether oxygens (including phenoxy) is 2. The van der Waals surface area contributed by atoms with Crippen molar-refractivity contribution in [1.29, 1.82) is 0 Å². The highest BCUT2D eigenvalue weighted by molar-refractivity contribution is 4.93. The lowest BCUT2D eigenvalue weighted by atomic mass is 9.90. The van der Waals surface area contributed by atoms with Gasteiger partial charge < -0.3 is 19.7 Å². The second-order valence-corrected chi connectivity index (χ2v) is 6.19. The lowest BCUT2D eigenvalue weighted by Crippen LogP contribution is -2.48. The summed E-state index contributed by atoms with van der Waals surface area (Å²) in [7, 11) is 2.25. The number of rotatable bonds is 5. The van der Waals surface area contributed by atoms with E-state index < -0.39 is 0 Å². The summed E-state index contributed by atoms with van der Waals surface area (Å²) in [6, 6.07) is 1.49. The molecule has 2 heterocycles. The van der Waals surface area contributed by atoms with Gasteiger partial charge in [0.15, 0.2) is 0 Å². The molecule has 2 aliphatic heterocycles. The van der Waals surface area contributed by atoms with Gasteiger partial charge in [-0.3, -0.25) is 0 Å². The molecule has 4 nitrogen and oxygen atoms in total. The zero-order chi connectivity index (χ0) is 12.4. The Morgan fingerprint density at radius 2 is 2.17 bits per heavy atom. The van der Waals surface area contributed by atoms with Crippen LogP contribution in [-0.2, 0) is 9.47 Å². The van der Waals surface area contributed by atoms with Gasteiger partial charge in [-0.1, -0.05) is 0 Å².